The van der Waals surface area contributed by atoms with E-state index in [2.05, 4.69) is 11.8 Å². The van der Waals surface area contributed by atoms with Crippen LogP contribution in [0.3, 0.4) is 0 Å². The molecule has 2 nitrogen and oxygen atoms in total. The Morgan fingerprint density at radius 3 is 2.79 bits per heavy atom. The third-order valence-corrected chi connectivity index (χ3v) is 1.86. The fourth-order valence-electron chi connectivity index (χ4n) is 1.18. The number of hydrogen-bond donors (Lipinski definition) is 1. The Hall–Kier alpha value is -1.46. The summed E-state index contributed by atoms with van der Waals surface area (Å²) in [6.45, 7) is 2.10. The van der Waals surface area contributed by atoms with Crippen molar-refractivity contribution in [2.75, 3.05) is 13.7 Å². The van der Waals surface area contributed by atoms with Crippen LogP contribution in [0.1, 0.15) is 17.5 Å². The summed E-state index contributed by atoms with van der Waals surface area (Å²) in [6.07, 6.45) is 0.519. The van der Waals surface area contributed by atoms with Gasteiger partial charge in [0.2, 0.25) is 0 Å². The highest BCUT2D eigenvalue weighted by atomic mass is 16.5. The number of ether oxygens (including phenoxy) is 1. The number of hydrogen-bond acceptors (Lipinski definition) is 2. The van der Waals surface area contributed by atoms with Crippen molar-refractivity contribution in [1.29, 1.82) is 0 Å². The Morgan fingerprint density at radius 1 is 1.43 bits per heavy atom. The topological polar surface area (TPSA) is 29.5 Å². The number of aliphatic hydroxyl groups is 1. The van der Waals surface area contributed by atoms with Crippen LogP contribution in [-0.4, -0.2) is 18.8 Å². The zero-order valence-corrected chi connectivity index (χ0v) is 8.50. The van der Waals surface area contributed by atoms with Crippen LogP contribution >= 0.6 is 0 Å². The van der Waals surface area contributed by atoms with Gasteiger partial charge in [-0.15, -0.1) is 0 Å². The summed E-state index contributed by atoms with van der Waals surface area (Å²) < 4.78 is 5.14. The SMILES string of the molecule is COc1ccc(C#CCCO)cc1C. The van der Waals surface area contributed by atoms with Crippen molar-refractivity contribution in [3.63, 3.8) is 0 Å². The van der Waals surface area contributed by atoms with Crippen LogP contribution in [0, 0.1) is 18.8 Å². The molecule has 0 aliphatic heterocycles. The van der Waals surface area contributed by atoms with Gasteiger partial charge in [0, 0.05) is 12.0 Å². The molecule has 1 aromatic carbocycles. The Labute approximate surface area is 84.5 Å². The lowest BCUT2D eigenvalue weighted by Gasteiger charge is -2.03. The van der Waals surface area contributed by atoms with E-state index in [-0.39, 0.29) is 6.61 Å². The number of rotatable bonds is 2. The Morgan fingerprint density at radius 2 is 2.21 bits per heavy atom. The van der Waals surface area contributed by atoms with Gasteiger partial charge in [0.1, 0.15) is 5.75 Å². The summed E-state index contributed by atoms with van der Waals surface area (Å²) in [7, 11) is 1.65. The first-order valence-electron chi connectivity index (χ1n) is 4.52. The first-order chi connectivity index (χ1) is 6.77. The van der Waals surface area contributed by atoms with Crippen LogP contribution in [0.15, 0.2) is 18.2 Å². The minimum Gasteiger partial charge on any atom is -0.496 e. The zero-order chi connectivity index (χ0) is 10.4. The molecule has 0 spiro atoms. The smallest absolute Gasteiger partial charge is 0.121 e. The van der Waals surface area contributed by atoms with Gasteiger partial charge in [0.05, 0.1) is 13.7 Å². The van der Waals surface area contributed by atoms with E-state index in [1.807, 2.05) is 25.1 Å². The molecule has 2 heteroatoms. The van der Waals surface area contributed by atoms with Gasteiger partial charge in [-0.25, -0.2) is 0 Å². The molecular weight excluding hydrogens is 176 g/mol. The van der Waals surface area contributed by atoms with Gasteiger partial charge in [0.25, 0.3) is 0 Å². The van der Waals surface area contributed by atoms with Crippen LogP contribution < -0.4 is 4.74 Å². The fraction of sp³-hybridized carbons (Fsp3) is 0.333. The van der Waals surface area contributed by atoms with E-state index in [0.717, 1.165) is 16.9 Å². The number of aliphatic hydroxyl groups excluding tert-OH is 1. The molecule has 0 saturated heterocycles. The van der Waals surface area contributed by atoms with Gasteiger partial charge in [-0.05, 0) is 30.7 Å². The van der Waals surface area contributed by atoms with Crippen molar-refractivity contribution in [3.8, 4) is 17.6 Å². The van der Waals surface area contributed by atoms with Crippen molar-refractivity contribution in [2.45, 2.75) is 13.3 Å². The van der Waals surface area contributed by atoms with E-state index in [9.17, 15) is 0 Å². The largest absolute Gasteiger partial charge is 0.496 e. The van der Waals surface area contributed by atoms with Crippen LogP contribution in [-0.2, 0) is 0 Å². The average molecular weight is 190 g/mol. The minimum absolute atomic E-state index is 0.113. The summed E-state index contributed by atoms with van der Waals surface area (Å²) in [6, 6.07) is 5.79. The molecule has 0 amide bonds. The van der Waals surface area contributed by atoms with Crippen molar-refractivity contribution < 1.29 is 9.84 Å². The van der Waals surface area contributed by atoms with Crippen LogP contribution in [0.2, 0.25) is 0 Å². The fourth-order valence-corrected chi connectivity index (χ4v) is 1.18. The summed E-state index contributed by atoms with van der Waals surface area (Å²) in [4.78, 5) is 0. The third kappa shape index (κ3) is 2.79. The molecule has 0 aromatic heterocycles. The molecule has 0 radical (unpaired) electrons. The molecule has 0 unspecified atom stereocenters. The Balaban J connectivity index is 2.82. The minimum atomic E-state index is 0.113. The monoisotopic (exact) mass is 190 g/mol. The molecule has 1 N–H and O–H groups in total. The van der Waals surface area contributed by atoms with E-state index in [4.69, 9.17) is 9.84 Å². The van der Waals surface area contributed by atoms with Crippen molar-refractivity contribution in [2.24, 2.45) is 0 Å². The summed E-state index contributed by atoms with van der Waals surface area (Å²) in [5.41, 5.74) is 2.03. The maximum atomic E-state index is 8.56. The summed E-state index contributed by atoms with van der Waals surface area (Å²) >= 11 is 0. The predicted octanol–water partition coefficient (Wildman–Crippen LogP) is 1.74. The molecule has 14 heavy (non-hydrogen) atoms. The predicted molar refractivity (Wildman–Crippen MR) is 56.3 cm³/mol. The lowest BCUT2D eigenvalue weighted by Crippen LogP contribution is -1.87. The van der Waals surface area contributed by atoms with E-state index in [0.29, 0.717) is 6.42 Å². The lowest BCUT2D eigenvalue weighted by atomic mass is 10.1. The van der Waals surface area contributed by atoms with Crippen molar-refractivity contribution >= 4 is 0 Å². The van der Waals surface area contributed by atoms with Crippen molar-refractivity contribution in [3.05, 3.63) is 29.3 Å². The summed E-state index contributed by atoms with van der Waals surface area (Å²) in [5.74, 6) is 6.72. The quantitative estimate of drug-likeness (QED) is 0.720. The van der Waals surface area contributed by atoms with Gasteiger partial charge < -0.3 is 9.84 Å². The highest BCUT2D eigenvalue weighted by Crippen LogP contribution is 2.17. The normalized spacial score (nSPS) is 9.07. The number of aryl methyl sites for hydroxylation is 1. The van der Waals surface area contributed by atoms with Gasteiger partial charge in [0.15, 0.2) is 0 Å². The second-order valence-electron chi connectivity index (χ2n) is 2.96. The molecule has 74 valence electrons. The van der Waals surface area contributed by atoms with Crippen LogP contribution in [0.4, 0.5) is 0 Å². The van der Waals surface area contributed by atoms with E-state index in [1.165, 1.54) is 0 Å². The van der Waals surface area contributed by atoms with Gasteiger partial charge in [-0.2, -0.15) is 0 Å². The second kappa shape index (κ2) is 5.31. The highest BCUT2D eigenvalue weighted by molar-refractivity contribution is 5.43. The molecule has 0 heterocycles. The third-order valence-electron chi connectivity index (χ3n) is 1.86. The molecular formula is C12H14O2. The summed E-state index contributed by atoms with van der Waals surface area (Å²) in [5, 5.41) is 8.56. The first kappa shape index (κ1) is 10.6. The van der Waals surface area contributed by atoms with E-state index >= 15 is 0 Å². The molecule has 1 aromatic rings. The van der Waals surface area contributed by atoms with Gasteiger partial charge >= 0.3 is 0 Å². The molecule has 0 atom stereocenters. The molecule has 0 aliphatic rings. The van der Waals surface area contributed by atoms with Gasteiger partial charge in [-0.3, -0.25) is 0 Å². The molecule has 0 aliphatic carbocycles. The van der Waals surface area contributed by atoms with E-state index in [1.54, 1.807) is 7.11 Å². The van der Waals surface area contributed by atoms with Gasteiger partial charge in [-0.1, -0.05) is 11.8 Å². The van der Waals surface area contributed by atoms with E-state index < -0.39 is 0 Å². The molecule has 0 fully saturated rings. The standard InChI is InChI=1S/C12H14O2/c1-10-9-11(5-3-4-8-13)6-7-12(10)14-2/h6-7,9,13H,4,8H2,1-2H3. The molecule has 0 saturated carbocycles. The Bertz CT molecular complexity index is 358. The first-order valence-corrected chi connectivity index (χ1v) is 4.52. The van der Waals surface area contributed by atoms with Crippen LogP contribution in [0.5, 0.6) is 5.75 Å². The Kier molecular flexibility index (Phi) is 4.03. The maximum Gasteiger partial charge on any atom is 0.121 e. The lowest BCUT2D eigenvalue weighted by molar-refractivity contribution is 0.305. The number of benzene rings is 1. The van der Waals surface area contributed by atoms with Crippen LogP contribution in [0.25, 0.3) is 0 Å². The second-order valence-corrected chi connectivity index (χ2v) is 2.96. The zero-order valence-electron chi connectivity index (χ0n) is 8.50. The maximum absolute atomic E-state index is 8.56. The molecule has 0 bridgehead atoms. The molecule has 1 rings (SSSR count). The number of methoxy groups -OCH3 is 1. The average Bonchev–Trinajstić information content (AvgIpc) is 2.18. The van der Waals surface area contributed by atoms with Crippen molar-refractivity contribution in [1.82, 2.24) is 0 Å². The highest BCUT2D eigenvalue weighted by Gasteiger charge is 1.96.